The topological polar surface area (TPSA) is 29.1 Å². The van der Waals surface area contributed by atoms with Crippen molar-refractivity contribution in [2.45, 2.75) is 12.6 Å². The van der Waals surface area contributed by atoms with Crippen LogP contribution in [-0.2, 0) is 11.3 Å². The molecule has 1 aliphatic rings. The van der Waals surface area contributed by atoms with Crippen LogP contribution in [0.2, 0.25) is 0 Å². The van der Waals surface area contributed by atoms with Gasteiger partial charge in [-0.25, -0.2) is 0 Å². The van der Waals surface area contributed by atoms with E-state index >= 15 is 0 Å². The van der Waals surface area contributed by atoms with E-state index in [9.17, 15) is 4.79 Å². The molecule has 1 N–H and O–H groups in total. The quantitative estimate of drug-likeness (QED) is 0.727. The fourth-order valence-electron chi connectivity index (χ4n) is 1.66. The van der Waals surface area contributed by atoms with Crippen LogP contribution in [0.4, 0.5) is 0 Å². The summed E-state index contributed by atoms with van der Waals surface area (Å²) < 4.78 is 0. The number of carbonyl (C=O) groups is 1. The first kappa shape index (κ1) is 8.73. The summed E-state index contributed by atoms with van der Waals surface area (Å²) in [5.74, 6) is 0.123. The minimum atomic E-state index is -0.186. The Balaban J connectivity index is 2.33. The molecule has 0 saturated carbocycles. The van der Waals surface area contributed by atoms with Gasteiger partial charge in [0.05, 0.1) is 11.9 Å². The second kappa shape index (κ2) is 3.48. The molecule has 0 aliphatic carbocycles. The molecule has 2 rings (SSSR count). The number of ketones is 1. The standard InChI is InChI=1S/C10H10ClNO/c11-5-9(13)10-8-4-2-1-3-7(8)6-12-10/h1-4,10,12H,5-6H2/t10-/m1/s1. The summed E-state index contributed by atoms with van der Waals surface area (Å²) in [5.41, 5.74) is 2.28. The van der Waals surface area contributed by atoms with Gasteiger partial charge >= 0.3 is 0 Å². The zero-order chi connectivity index (χ0) is 9.26. The van der Waals surface area contributed by atoms with Gasteiger partial charge in [0.15, 0.2) is 5.78 Å². The Morgan fingerprint density at radius 3 is 3.08 bits per heavy atom. The molecule has 0 radical (unpaired) electrons. The normalized spacial score (nSPS) is 19.9. The average Bonchev–Trinajstić information content (AvgIpc) is 2.60. The Morgan fingerprint density at radius 1 is 1.54 bits per heavy atom. The Kier molecular flexibility index (Phi) is 2.34. The van der Waals surface area contributed by atoms with Crippen molar-refractivity contribution in [2.24, 2.45) is 0 Å². The lowest BCUT2D eigenvalue weighted by molar-refractivity contribution is -0.118. The van der Waals surface area contributed by atoms with E-state index in [1.165, 1.54) is 5.56 Å². The molecule has 0 amide bonds. The first-order valence-corrected chi connectivity index (χ1v) is 4.76. The minimum Gasteiger partial charge on any atom is -0.300 e. The molecule has 1 heterocycles. The molecule has 0 bridgehead atoms. The lowest BCUT2D eigenvalue weighted by Gasteiger charge is -2.07. The highest BCUT2D eigenvalue weighted by Gasteiger charge is 2.26. The summed E-state index contributed by atoms with van der Waals surface area (Å²) in [5, 5.41) is 3.14. The fraction of sp³-hybridized carbons (Fsp3) is 0.300. The van der Waals surface area contributed by atoms with E-state index in [1.54, 1.807) is 0 Å². The van der Waals surface area contributed by atoms with Gasteiger partial charge in [-0.1, -0.05) is 24.3 Å². The Hall–Kier alpha value is -0.860. The molecule has 1 aromatic rings. The number of carbonyl (C=O) groups excluding carboxylic acids is 1. The molecule has 13 heavy (non-hydrogen) atoms. The highest BCUT2D eigenvalue weighted by molar-refractivity contribution is 6.28. The second-order valence-corrected chi connectivity index (χ2v) is 3.38. The number of fused-ring (bicyclic) bond motifs is 1. The average molecular weight is 196 g/mol. The van der Waals surface area contributed by atoms with Crippen molar-refractivity contribution in [3.63, 3.8) is 0 Å². The fourth-order valence-corrected chi connectivity index (χ4v) is 1.82. The third kappa shape index (κ3) is 1.47. The molecule has 2 nitrogen and oxygen atoms in total. The van der Waals surface area contributed by atoms with Crippen LogP contribution < -0.4 is 5.32 Å². The first-order valence-electron chi connectivity index (χ1n) is 4.23. The monoisotopic (exact) mass is 195 g/mol. The van der Waals surface area contributed by atoms with Crippen molar-refractivity contribution in [3.05, 3.63) is 35.4 Å². The number of Topliss-reactive ketones (excluding diaryl/α,β-unsaturated/α-hetero) is 1. The zero-order valence-corrected chi connectivity index (χ0v) is 7.84. The molecule has 0 aromatic heterocycles. The molecule has 0 unspecified atom stereocenters. The first-order chi connectivity index (χ1) is 6.33. The zero-order valence-electron chi connectivity index (χ0n) is 7.09. The van der Waals surface area contributed by atoms with Crippen molar-refractivity contribution >= 4 is 17.4 Å². The smallest absolute Gasteiger partial charge is 0.168 e. The molecule has 1 aromatic carbocycles. The maximum atomic E-state index is 11.4. The summed E-state index contributed by atoms with van der Waals surface area (Å²) in [6, 6.07) is 7.75. The number of alkyl halides is 1. The van der Waals surface area contributed by atoms with E-state index in [-0.39, 0.29) is 17.7 Å². The molecule has 0 spiro atoms. The van der Waals surface area contributed by atoms with Crippen LogP contribution in [0.3, 0.4) is 0 Å². The Morgan fingerprint density at radius 2 is 2.31 bits per heavy atom. The van der Waals surface area contributed by atoms with Crippen LogP contribution in [0.25, 0.3) is 0 Å². The lowest BCUT2D eigenvalue weighted by atomic mass is 10.0. The molecule has 0 fully saturated rings. The summed E-state index contributed by atoms with van der Waals surface area (Å²) in [4.78, 5) is 11.4. The number of halogens is 1. The van der Waals surface area contributed by atoms with Crippen LogP contribution in [0, 0.1) is 0 Å². The van der Waals surface area contributed by atoms with Crippen LogP contribution in [0.5, 0.6) is 0 Å². The summed E-state index contributed by atoms with van der Waals surface area (Å²) in [7, 11) is 0. The number of hydrogen-bond donors (Lipinski definition) is 1. The van der Waals surface area contributed by atoms with Crippen molar-refractivity contribution in [1.29, 1.82) is 0 Å². The van der Waals surface area contributed by atoms with E-state index in [0.717, 1.165) is 12.1 Å². The molecule has 0 saturated heterocycles. The minimum absolute atomic E-state index is 0.0478. The van der Waals surface area contributed by atoms with E-state index in [1.807, 2.05) is 24.3 Å². The van der Waals surface area contributed by atoms with Crippen LogP contribution >= 0.6 is 11.6 Å². The number of nitrogens with one attached hydrogen (secondary N) is 1. The highest BCUT2D eigenvalue weighted by Crippen LogP contribution is 2.25. The van der Waals surface area contributed by atoms with Crippen LogP contribution in [-0.4, -0.2) is 11.7 Å². The van der Waals surface area contributed by atoms with E-state index in [2.05, 4.69) is 5.32 Å². The summed E-state index contributed by atoms with van der Waals surface area (Å²) in [6.07, 6.45) is 0. The highest BCUT2D eigenvalue weighted by atomic mass is 35.5. The Bertz CT molecular complexity index is 337. The third-order valence-corrected chi connectivity index (χ3v) is 2.58. The van der Waals surface area contributed by atoms with Gasteiger partial charge in [-0.2, -0.15) is 0 Å². The molecule has 1 atom stereocenters. The predicted octanol–water partition coefficient (Wildman–Crippen LogP) is 1.64. The van der Waals surface area contributed by atoms with Crippen LogP contribution in [0.15, 0.2) is 24.3 Å². The van der Waals surface area contributed by atoms with Gasteiger partial charge in [0, 0.05) is 6.54 Å². The van der Waals surface area contributed by atoms with E-state index in [4.69, 9.17) is 11.6 Å². The maximum Gasteiger partial charge on any atom is 0.168 e. The predicted molar refractivity (Wildman–Crippen MR) is 51.7 cm³/mol. The van der Waals surface area contributed by atoms with Crippen molar-refractivity contribution in [2.75, 3.05) is 5.88 Å². The van der Waals surface area contributed by atoms with Gasteiger partial charge in [-0.05, 0) is 11.1 Å². The van der Waals surface area contributed by atoms with Gasteiger partial charge in [0.1, 0.15) is 0 Å². The van der Waals surface area contributed by atoms with Gasteiger partial charge < -0.3 is 0 Å². The summed E-state index contributed by atoms with van der Waals surface area (Å²) in [6.45, 7) is 0.767. The second-order valence-electron chi connectivity index (χ2n) is 3.11. The van der Waals surface area contributed by atoms with E-state index in [0.29, 0.717) is 0 Å². The van der Waals surface area contributed by atoms with Crippen molar-refractivity contribution in [3.8, 4) is 0 Å². The Labute approximate surface area is 81.9 Å². The number of hydrogen-bond acceptors (Lipinski definition) is 2. The third-order valence-electron chi connectivity index (χ3n) is 2.32. The molecule has 68 valence electrons. The van der Waals surface area contributed by atoms with Gasteiger partial charge in [-0.3, -0.25) is 10.1 Å². The molecular weight excluding hydrogens is 186 g/mol. The van der Waals surface area contributed by atoms with Gasteiger partial charge in [0.2, 0.25) is 0 Å². The molecular formula is C10H10ClNO. The molecule has 1 aliphatic heterocycles. The number of rotatable bonds is 2. The van der Waals surface area contributed by atoms with Gasteiger partial charge in [0.25, 0.3) is 0 Å². The van der Waals surface area contributed by atoms with Crippen molar-refractivity contribution in [1.82, 2.24) is 5.32 Å². The SMILES string of the molecule is O=C(CCl)[C@@H]1NCc2ccccc21. The van der Waals surface area contributed by atoms with Crippen molar-refractivity contribution < 1.29 is 4.79 Å². The van der Waals surface area contributed by atoms with Crippen LogP contribution in [0.1, 0.15) is 17.2 Å². The maximum absolute atomic E-state index is 11.4. The summed E-state index contributed by atoms with van der Waals surface area (Å²) >= 11 is 5.51. The molecule has 3 heteroatoms. The largest absolute Gasteiger partial charge is 0.300 e. The lowest BCUT2D eigenvalue weighted by Crippen LogP contribution is -2.22. The van der Waals surface area contributed by atoms with E-state index < -0.39 is 0 Å². The van der Waals surface area contributed by atoms with Gasteiger partial charge in [-0.15, -0.1) is 11.6 Å². The number of benzene rings is 1.